The Kier molecular flexibility index (Phi) is 4.87. The van der Waals surface area contributed by atoms with E-state index in [0.29, 0.717) is 23.1 Å². The highest BCUT2D eigenvalue weighted by molar-refractivity contribution is 6.35. The monoisotopic (exact) mass is 289 g/mol. The number of piperidine rings is 1. The van der Waals surface area contributed by atoms with Gasteiger partial charge in [0.05, 0.1) is 6.10 Å². The molecule has 3 nitrogen and oxygen atoms in total. The number of hydrogen-bond donors (Lipinski definition) is 2. The Bertz CT molecular complexity index is 394. The average molecular weight is 290 g/mol. The highest BCUT2D eigenvalue weighted by Gasteiger charge is 2.27. The Balaban J connectivity index is 2.03. The maximum Gasteiger partial charge on any atom is 0.0717 e. The molecular weight excluding hydrogens is 273 g/mol. The van der Waals surface area contributed by atoms with Crippen LogP contribution in [0.3, 0.4) is 0 Å². The molecule has 0 saturated carbocycles. The van der Waals surface area contributed by atoms with Crippen molar-refractivity contribution in [2.75, 3.05) is 19.7 Å². The zero-order valence-corrected chi connectivity index (χ0v) is 11.5. The lowest BCUT2D eigenvalue weighted by atomic mass is 9.94. The number of rotatable bonds is 3. The summed E-state index contributed by atoms with van der Waals surface area (Å²) in [6.45, 7) is 2.06. The summed E-state index contributed by atoms with van der Waals surface area (Å²) >= 11 is 12.3. The van der Waals surface area contributed by atoms with Crippen LogP contribution in [0, 0.1) is 5.92 Å². The van der Waals surface area contributed by atoms with Gasteiger partial charge in [-0.2, -0.15) is 0 Å². The van der Waals surface area contributed by atoms with Crippen LogP contribution in [0.1, 0.15) is 12.0 Å². The quantitative estimate of drug-likeness (QED) is 0.896. The molecule has 2 rings (SSSR count). The van der Waals surface area contributed by atoms with Crippen molar-refractivity contribution in [3.05, 3.63) is 33.8 Å². The summed E-state index contributed by atoms with van der Waals surface area (Å²) in [7, 11) is 0. The number of benzene rings is 1. The standard InChI is InChI=1S/C13H17Cl2NO2/c14-11-2-1-3-12(15)10(11)6-16-5-4-9(8-17)13(18)7-16/h1-3,9,13,17-18H,4-8H2/t9-,13+/m1/s1. The van der Waals surface area contributed by atoms with E-state index in [1.54, 1.807) is 0 Å². The predicted molar refractivity (Wildman–Crippen MR) is 72.9 cm³/mol. The number of aliphatic hydroxyl groups excluding tert-OH is 2. The Morgan fingerprint density at radius 1 is 1.28 bits per heavy atom. The average Bonchev–Trinajstić information content (AvgIpc) is 2.34. The number of hydrogen-bond acceptors (Lipinski definition) is 3. The van der Waals surface area contributed by atoms with Crippen LogP contribution < -0.4 is 0 Å². The SMILES string of the molecule is OC[C@H]1CCN(Cc2c(Cl)cccc2Cl)C[C@@H]1O. The molecule has 1 aliphatic rings. The molecule has 2 atom stereocenters. The van der Waals surface area contributed by atoms with Gasteiger partial charge in [0, 0.05) is 41.2 Å². The van der Waals surface area contributed by atoms with Crippen LogP contribution in [0.4, 0.5) is 0 Å². The van der Waals surface area contributed by atoms with Gasteiger partial charge >= 0.3 is 0 Å². The van der Waals surface area contributed by atoms with E-state index in [2.05, 4.69) is 4.90 Å². The van der Waals surface area contributed by atoms with Crippen molar-refractivity contribution in [2.45, 2.75) is 19.1 Å². The number of nitrogens with zero attached hydrogens (tertiary/aromatic N) is 1. The van der Waals surface area contributed by atoms with Crippen LogP contribution in [0.2, 0.25) is 10.0 Å². The van der Waals surface area contributed by atoms with Gasteiger partial charge < -0.3 is 10.2 Å². The first-order valence-electron chi connectivity index (χ1n) is 6.06. The third-order valence-electron chi connectivity index (χ3n) is 3.48. The fraction of sp³-hybridized carbons (Fsp3) is 0.538. The third-order valence-corrected chi connectivity index (χ3v) is 4.19. The molecule has 0 unspecified atom stereocenters. The fourth-order valence-electron chi connectivity index (χ4n) is 2.31. The van der Waals surface area contributed by atoms with Gasteiger partial charge in [0.1, 0.15) is 0 Å². The van der Waals surface area contributed by atoms with Gasteiger partial charge in [-0.25, -0.2) is 0 Å². The molecule has 100 valence electrons. The molecule has 1 aliphatic heterocycles. The molecule has 1 heterocycles. The molecule has 0 bridgehead atoms. The van der Waals surface area contributed by atoms with E-state index in [4.69, 9.17) is 28.3 Å². The lowest BCUT2D eigenvalue weighted by molar-refractivity contribution is -0.00442. The first-order valence-corrected chi connectivity index (χ1v) is 6.81. The molecule has 0 spiro atoms. The predicted octanol–water partition coefficient (Wildman–Crippen LogP) is 2.17. The smallest absolute Gasteiger partial charge is 0.0717 e. The lowest BCUT2D eigenvalue weighted by Crippen LogP contribution is -2.44. The third kappa shape index (κ3) is 3.16. The minimum atomic E-state index is -0.481. The van der Waals surface area contributed by atoms with E-state index in [1.807, 2.05) is 18.2 Å². The molecule has 1 saturated heterocycles. The zero-order chi connectivity index (χ0) is 13.1. The van der Waals surface area contributed by atoms with Gasteiger partial charge in [-0.15, -0.1) is 0 Å². The molecule has 2 N–H and O–H groups in total. The van der Waals surface area contributed by atoms with Crippen molar-refractivity contribution in [3.63, 3.8) is 0 Å². The van der Waals surface area contributed by atoms with Crippen LogP contribution in [0.15, 0.2) is 18.2 Å². The number of aliphatic hydroxyl groups is 2. The normalized spacial score (nSPS) is 25.3. The molecule has 5 heteroatoms. The Hall–Kier alpha value is -0.320. The van der Waals surface area contributed by atoms with E-state index in [0.717, 1.165) is 18.5 Å². The van der Waals surface area contributed by atoms with Crippen molar-refractivity contribution in [3.8, 4) is 0 Å². The van der Waals surface area contributed by atoms with Gasteiger partial charge in [-0.05, 0) is 25.1 Å². The molecule has 1 aromatic rings. The first-order chi connectivity index (χ1) is 8.61. The van der Waals surface area contributed by atoms with Crippen molar-refractivity contribution in [1.82, 2.24) is 4.90 Å². The molecular formula is C13H17Cl2NO2. The summed E-state index contributed by atoms with van der Waals surface area (Å²) in [5.74, 6) is -0.0111. The van der Waals surface area contributed by atoms with Crippen molar-refractivity contribution in [2.24, 2.45) is 5.92 Å². The summed E-state index contributed by atoms with van der Waals surface area (Å²) in [5, 5.41) is 20.3. The molecule has 0 amide bonds. The zero-order valence-electron chi connectivity index (χ0n) is 10.0. The van der Waals surface area contributed by atoms with E-state index < -0.39 is 6.10 Å². The number of likely N-dealkylation sites (tertiary alicyclic amines) is 1. The fourth-order valence-corrected chi connectivity index (χ4v) is 2.83. The molecule has 18 heavy (non-hydrogen) atoms. The van der Waals surface area contributed by atoms with Crippen LogP contribution in [0.25, 0.3) is 0 Å². The van der Waals surface area contributed by atoms with Gasteiger partial charge in [-0.3, -0.25) is 4.90 Å². The Morgan fingerprint density at radius 3 is 2.50 bits per heavy atom. The van der Waals surface area contributed by atoms with Crippen LogP contribution >= 0.6 is 23.2 Å². The second-order valence-electron chi connectivity index (χ2n) is 4.73. The van der Waals surface area contributed by atoms with Gasteiger partial charge in [0.15, 0.2) is 0 Å². The van der Waals surface area contributed by atoms with E-state index >= 15 is 0 Å². The molecule has 0 aliphatic carbocycles. The summed E-state index contributed by atoms with van der Waals surface area (Å²) in [4.78, 5) is 2.12. The molecule has 0 aromatic heterocycles. The van der Waals surface area contributed by atoms with E-state index in [-0.39, 0.29) is 12.5 Å². The van der Waals surface area contributed by atoms with Gasteiger partial charge in [0.2, 0.25) is 0 Å². The molecule has 1 fully saturated rings. The highest BCUT2D eigenvalue weighted by atomic mass is 35.5. The minimum absolute atomic E-state index is 0.0111. The van der Waals surface area contributed by atoms with Crippen molar-refractivity contribution in [1.29, 1.82) is 0 Å². The lowest BCUT2D eigenvalue weighted by Gasteiger charge is -2.35. The summed E-state index contributed by atoms with van der Waals surface area (Å²) < 4.78 is 0. The van der Waals surface area contributed by atoms with Gasteiger partial charge in [-0.1, -0.05) is 29.3 Å². The first kappa shape index (κ1) is 14.1. The maximum atomic E-state index is 9.89. The van der Waals surface area contributed by atoms with Gasteiger partial charge in [0.25, 0.3) is 0 Å². The largest absolute Gasteiger partial charge is 0.396 e. The van der Waals surface area contributed by atoms with Crippen molar-refractivity contribution < 1.29 is 10.2 Å². The molecule has 0 radical (unpaired) electrons. The van der Waals surface area contributed by atoms with Crippen LogP contribution in [-0.4, -0.2) is 40.9 Å². The summed E-state index contributed by atoms with van der Waals surface area (Å²) in [6.07, 6.45) is 0.310. The van der Waals surface area contributed by atoms with Crippen LogP contribution in [-0.2, 0) is 6.54 Å². The van der Waals surface area contributed by atoms with Crippen LogP contribution in [0.5, 0.6) is 0 Å². The maximum absolute atomic E-state index is 9.89. The van der Waals surface area contributed by atoms with Crippen molar-refractivity contribution >= 4 is 23.2 Å². The van der Waals surface area contributed by atoms with E-state index in [1.165, 1.54) is 0 Å². The Morgan fingerprint density at radius 2 is 1.94 bits per heavy atom. The van der Waals surface area contributed by atoms with E-state index in [9.17, 15) is 5.11 Å². The topological polar surface area (TPSA) is 43.7 Å². The number of β-amino-alcohol motifs (C(OH)–C–C–N with tert-alkyl or cyclic N) is 1. The summed E-state index contributed by atoms with van der Waals surface area (Å²) in [5.41, 5.74) is 0.899. The number of halogens is 2. The minimum Gasteiger partial charge on any atom is -0.396 e. The molecule has 1 aromatic carbocycles. The Labute approximate surface area is 117 Å². The summed E-state index contributed by atoms with van der Waals surface area (Å²) in [6, 6.07) is 5.46. The second-order valence-corrected chi connectivity index (χ2v) is 5.55. The second kappa shape index (κ2) is 6.22. The highest BCUT2D eigenvalue weighted by Crippen LogP contribution is 2.27.